The largest absolute Gasteiger partial charge is 0.478 e. The minimum atomic E-state index is -1.11. The number of nitrogens with zero attached hydrogens (tertiary/aromatic N) is 4. The third kappa shape index (κ3) is 2.28. The third-order valence-corrected chi connectivity index (χ3v) is 1.95. The number of carboxylic acid groups (broad SMARTS) is 1. The zero-order chi connectivity index (χ0) is 12.3. The molecule has 7 nitrogen and oxygen atoms in total. The van der Waals surface area contributed by atoms with E-state index in [-0.39, 0.29) is 16.9 Å². The molecule has 84 valence electrons. The van der Waals surface area contributed by atoms with Crippen molar-refractivity contribution < 1.29 is 14.7 Å². The number of hydrogen-bond acceptors (Lipinski definition) is 5. The Morgan fingerprint density at radius 3 is 2.65 bits per heavy atom. The third-order valence-electron chi connectivity index (χ3n) is 1.95. The predicted octanol–water partition coefficient (Wildman–Crippen LogP) is 2.30. The van der Waals surface area contributed by atoms with Crippen LogP contribution in [-0.4, -0.2) is 17.0 Å². The van der Waals surface area contributed by atoms with E-state index in [1.807, 2.05) is 0 Å². The molecule has 1 aromatic rings. The summed E-state index contributed by atoms with van der Waals surface area (Å²) in [4.78, 5) is 21.9. The second-order valence-corrected chi connectivity index (χ2v) is 3.06. The van der Waals surface area contributed by atoms with Crippen LogP contribution in [0, 0.1) is 0 Å². The predicted molar refractivity (Wildman–Crippen MR) is 55.9 cm³/mol. The molecule has 0 saturated heterocycles. The van der Waals surface area contributed by atoms with Crippen LogP contribution in [0.15, 0.2) is 56.6 Å². The topological polar surface area (TPSA) is 104 Å². The molecule has 1 aliphatic heterocycles. The number of amides is 1. The highest BCUT2D eigenvalue weighted by Crippen LogP contribution is 2.21. The summed E-state index contributed by atoms with van der Waals surface area (Å²) >= 11 is 0. The van der Waals surface area contributed by atoms with Crippen LogP contribution in [0.4, 0.5) is 5.69 Å². The Hall–Kier alpha value is -2.70. The molecule has 1 aromatic carbocycles. The van der Waals surface area contributed by atoms with Gasteiger partial charge in [-0.05, 0) is 12.1 Å². The first-order chi connectivity index (χ1) is 8.18. The normalized spacial score (nSPS) is 14.4. The minimum absolute atomic E-state index is 0.0103. The van der Waals surface area contributed by atoms with Gasteiger partial charge in [-0.3, -0.25) is 4.79 Å². The van der Waals surface area contributed by atoms with Gasteiger partial charge in [0.15, 0.2) is 5.70 Å². The standard InChI is InChI=1S/C10H6N4O3/c15-9-8(5-11-14-9)13-12-7-4-2-1-3-6(7)10(16)17/h1-5H,(H,16,17). The van der Waals surface area contributed by atoms with Crippen molar-refractivity contribution in [1.29, 1.82) is 0 Å². The van der Waals surface area contributed by atoms with Crippen molar-refractivity contribution in [3.8, 4) is 0 Å². The second-order valence-electron chi connectivity index (χ2n) is 3.06. The summed E-state index contributed by atoms with van der Waals surface area (Å²) in [7, 11) is 0. The lowest BCUT2D eigenvalue weighted by atomic mass is 10.2. The van der Waals surface area contributed by atoms with Gasteiger partial charge < -0.3 is 5.11 Å². The Bertz CT molecular complexity index is 575. The molecule has 1 heterocycles. The number of carboxylic acids is 1. The molecule has 17 heavy (non-hydrogen) atoms. The number of carbonyl (C=O) groups excluding carboxylic acids is 1. The molecule has 0 spiro atoms. The molecule has 1 N–H and O–H groups in total. The van der Waals surface area contributed by atoms with E-state index in [0.29, 0.717) is 0 Å². The van der Waals surface area contributed by atoms with E-state index in [1.165, 1.54) is 12.1 Å². The van der Waals surface area contributed by atoms with Crippen molar-refractivity contribution in [2.75, 3.05) is 0 Å². The Kier molecular flexibility index (Phi) is 2.82. The number of hydrogen-bond donors (Lipinski definition) is 1. The van der Waals surface area contributed by atoms with Crippen molar-refractivity contribution in [2.24, 2.45) is 20.5 Å². The van der Waals surface area contributed by atoms with Gasteiger partial charge in [0.1, 0.15) is 5.69 Å². The second kappa shape index (κ2) is 4.44. The smallest absolute Gasteiger partial charge is 0.337 e. The highest BCUT2D eigenvalue weighted by atomic mass is 16.4. The number of aromatic carboxylic acids is 1. The fraction of sp³-hybridized carbons (Fsp3) is 0. The molecule has 0 bridgehead atoms. The highest BCUT2D eigenvalue weighted by molar-refractivity contribution is 5.95. The van der Waals surface area contributed by atoms with Gasteiger partial charge in [-0.2, -0.15) is 5.11 Å². The first-order valence-electron chi connectivity index (χ1n) is 4.58. The van der Waals surface area contributed by atoms with Crippen molar-refractivity contribution in [3.05, 3.63) is 41.7 Å². The molecule has 0 saturated carbocycles. The number of carbonyl (C=O) groups is 2. The minimum Gasteiger partial charge on any atom is -0.478 e. The van der Waals surface area contributed by atoms with Crippen LogP contribution < -0.4 is 0 Å². The van der Waals surface area contributed by atoms with Crippen LogP contribution in [0.25, 0.3) is 0 Å². The monoisotopic (exact) mass is 230 g/mol. The van der Waals surface area contributed by atoms with Crippen molar-refractivity contribution >= 4 is 17.6 Å². The first-order valence-corrected chi connectivity index (χ1v) is 4.58. The molecule has 0 unspecified atom stereocenters. The van der Waals surface area contributed by atoms with E-state index in [0.717, 1.165) is 6.20 Å². The lowest BCUT2D eigenvalue weighted by Crippen LogP contribution is -1.96. The van der Waals surface area contributed by atoms with Gasteiger partial charge in [-0.15, -0.1) is 15.3 Å². The lowest BCUT2D eigenvalue weighted by molar-refractivity contribution is -0.114. The van der Waals surface area contributed by atoms with Gasteiger partial charge in [-0.1, -0.05) is 12.1 Å². The lowest BCUT2D eigenvalue weighted by Gasteiger charge is -1.97. The summed E-state index contributed by atoms with van der Waals surface area (Å²) in [5.74, 6) is -1.71. The quantitative estimate of drug-likeness (QED) is 0.805. The SMILES string of the molecule is O=C1N=NC=C1N=Nc1ccccc1C(=O)O. The van der Waals surface area contributed by atoms with Gasteiger partial charge >= 0.3 is 11.9 Å². The Balaban J connectivity index is 2.28. The maximum absolute atomic E-state index is 11.0. The fourth-order valence-electron chi connectivity index (χ4n) is 1.16. The summed E-state index contributed by atoms with van der Waals surface area (Å²) in [5, 5.41) is 22.8. The molecule has 0 radical (unpaired) electrons. The van der Waals surface area contributed by atoms with Crippen molar-refractivity contribution in [1.82, 2.24) is 0 Å². The van der Waals surface area contributed by atoms with Crippen LogP contribution in [-0.2, 0) is 4.79 Å². The number of benzene rings is 1. The fourth-order valence-corrected chi connectivity index (χ4v) is 1.16. The van der Waals surface area contributed by atoms with E-state index >= 15 is 0 Å². The summed E-state index contributed by atoms with van der Waals surface area (Å²) in [5.41, 5.74) is 0.155. The van der Waals surface area contributed by atoms with E-state index in [4.69, 9.17) is 5.11 Å². The van der Waals surface area contributed by atoms with Gasteiger partial charge in [0.05, 0.1) is 11.8 Å². The van der Waals surface area contributed by atoms with Crippen LogP contribution >= 0.6 is 0 Å². The maximum Gasteiger partial charge on any atom is 0.337 e. The summed E-state index contributed by atoms with van der Waals surface area (Å²) < 4.78 is 0. The average molecular weight is 230 g/mol. The zero-order valence-corrected chi connectivity index (χ0v) is 8.44. The van der Waals surface area contributed by atoms with Gasteiger partial charge in [0.2, 0.25) is 0 Å². The van der Waals surface area contributed by atoms with Crippen molar-refractivity contribution in [3.63, 3.8) is 0 Å². The molecule has 1 amide bonds. The van der Waals surface area contributed by atoms with E-state index in [1.54, 1.807) is 12.1 Å². The van der Waals surface area contributed by atoms with E-state index in [2.05, 4.69) is 20.5 Å². The molecule has 0 aliphatic carbocycles. The average Bonchev–Trinajstić information content (AvgIpc) is 2.72. The summed E-state index contributed by atoms with van der Waals surface area (Å²) in [6.45, 7) is 0. The van der Waals surface area contributed by atoms with Crippen LogP contribution in [0.1, 0.15) is 10.4 Å². The molecular weight excluding hydrogens is 224 g/mol. The highest BCUT2D eigenvalue weighted by Gasteiger charge is 2.13. The maximum atomic E-state index is 11.0. The van der Waals surface area contributed by atoms with Crippen LogP contribution in [0.3, 0.4) is 0 Å². The molecular formula is C10H6N4O3. The summed E-state index contributed by atoms with van der Waals surface area (Å²) in [6, 6.07) is 6.09. The molecule has 1 aliphatic rings. The first kappa shape index (κ1) is 10.8. The molecule has 2 rings (SSSR count). The molecule has 0 atom stereocenters. The van der Waals surface area contributed by atoms with Gasteiger partial charge in [0.25, 0.3) is 0 Å². The molecule has 0 fully saturated rings. The Morgan fingerprint density at radius 2 is 2.00 bits per heavy atom. The van der Waals surface area contributed by atoms with E-state index < -0.39 is 11.9 Å². The number of azo groups is 2. The molecule has 7 heteroatoms. The zero-order valence-electron chi connectivity index (χ0n) is 8.44. The summed E-state index contributed by atoms with van der Waals surface area (Å²) in [6.07, 6.45) is 1.16. The molecule has 0 aromatic heterocycles. The van der Waals surface area contributed by atoms with Crippen LogP contribution in [0.2, 0.25) is 0 Å². The van der Waals surface area contributed by atoms with Crippen molar-refractivity contribution in [2.45, 2.75) is 0 Å². The number of rotatable bonds is 3. The van der Waals surface area contributed by atoms with Gasteiger partial charge in [-0.25, -0.2) is 4.79 Å². The van der Waals surface area contributed by atoms with Crippen LogP contribution in [0.5, 0.6) is 0 Å². The Morgan fingerprint density at radius 1 is 1.24 bits per heavy atom. The van der Waals surface area contributed by atoms with Gasteiger partial charge in [0, 0.05) is 0 Å². The van der Waals surface area contributed by atoms with E-state index in [9.17, 15) is 9.59 Å². The Labute approximate surface area is 95.2 Å².